The van der Waals surface area contributed by atoms with Crippen LogP contribution in [0.5, 0.6) is 0 Å². The zero-order valence-corrected chi connectivity index (χ0v) is 12.6. The lowest BCUT2D eigenvalue weighted by Gasteiger charge is -2.09. The molecule has 0 saturated carbocycles. The third-order valence-corrected chi connectivity index (χ3v) is 4.30. The maximum absolute atomic E-state index is 11.4. The van der Waals surface area contributed by atoms with Crippen molar-refractivity contribution in [2.45, 2.75) is 20.4 Å². The molecule has 0 atom stereocenters. The molecule has 0 amide bonds. The Morgan fingerprint density at radius 1 is 1.35 bits per heavy atom. The van der Waals surface area contributed by atoms with E-state index in [1.807, 2.05) is 0 Å². The maximum Gasteiger partial charge on any atom is 0.337 e. The first-order chi connectivity index (χ1) is 9.51. The van der Waals surface area contributed by atoms with E-state index in [0.717, 1.165) is 12.2 Å². The van der Waals surface area contributed by atoms with Crippen LogP contribution in [0.25, 0.3) is 0 Å². The SMILES string of the molecule is COC(=O)c1ccc(NCc2cc(C)c(C)s2)c(N)c1. The van der Waals surface area contributed by atoms with Crippen molar-refractivity contribution in [2.75, 3.05) is 18.2 Å². The Hall–Kier alpha value is -2.01. The van der Waals surface area contributed by atoms with E-state index in [9.17, 15) is 4.79 Å². The molecule has 0 fully saturated rings. The predicted octanol–water partition coefficient (Wildman–Crippen LogP) is 3.35. The summed E-state index contributed by atoms with van der Waals surface area (Å²) >= 11 is 1.77. The minimum absolute atomic E-state index is 0.382. The number of nitrogens with two attached hydrogens (primary N) is 1. The average molecular weight is 290 g/mol. The van der Waals surface area contributed by atoms with Crippen molar-refractivity contribution < 1.29 is 9.53 Å². The molecule has 4 nitrogen and oxygen atoms in total. The van der Waals surface area contributed by atoms with Gasteiger partial charge in [-0.1, -0.05) is 0 Å². The van der Waals surface area contributed by atoms with Crippen LogP contribution in [0.4, 0.5) is 11.4 Å². The molecule has 0 aliphatic heterocycles. The lowest BCUT2D eigenvalue weighted by atomic mass is 10.1. The van der Waals surface area contributed by atoms with Crippen molar-refractivity contribution in [1.82, 2.24) is 0 Å². The second-order valence-electron chi connectivity index (χ2n) is 4.60. The summed E-state index contributed by atoms with van der Waals surface area (Å²) in [6.07, 6.45) is 0. The van der Waals surface area contributed by atoms with Crippen LogP contribution < -0.4 is 11.1 Å². The third-order valence-electron chi connectivity index (χ3n) is 3.14. The second kappa shape index (κ2) is 5.96. The molecule has 1 aromatic heterocycles. The number of ether oxygens (including phenoxy) is 1. The summed E-state index contributed by atoms with van der Waals surface area (Å²) in [6, 6.07) is 7.30. The molecule has 5 heteroatoms. The van der Waals surface area contributed by atoms with Gasteiger partial charge in [-0.15, -0.1) is 11.3 Å². The Balaban J connectivity index is 2.08. The van der Waals surface area contributed by atoms with Gasteiger partial charge in [-0.3, -0.25) is 0 Å². The number of thiophene rings is 1. The van der Waals surface area contributed by atoms with Gasteiger partial charge in [0.05, 0.1) is 24.0 Å². The molecule has 0 aliphatic rings. The van der Waals surface area contributed by atoms with E-state index in [1.165, 1.54) is 22.4 Å². The third kappa shape index (κ3) is 3.11. The smallest absolute Gasteiger partial charge is 0.337 e. The molecule has 0 radical (unpaired) electrons. The standard InChI is InChI=1S/C15H18N2O2S/c1-9-6-12(20-10(9)2)8-17-14-5-4-11(7-13(14)16)15(18)19-3/h4-7,17H,8,16H2,1-3H3. The Labute approximate surface area is 122 Å². The molecule has 2 rings (SSSR count). The number of carbonyl (C=O) groups excluding carboxylic acids is 1. The highest BCUT2D eigenvalue weighted by atomic mass is 32.1. The molecule has 1 aromatic carbocycles. The molecule has 0 bridgehead atoms. The molecule has 106 valence electrons. The van der Waals surface area contributed by atoms with Gasteiger partial charge >= 0.3 is 5.97 Å². The van der Waals surface area contributed by atoms with Gasteiger partial charge in [0, 0.05) is 16.3 Å². The summed E-state index contributed by atoms with van der Waals surface area (Å²) in [6.45, 7) is 4.94. The first-order valence-electron chi connectivity index (χ1n) is 6.29. The van der Waals surface area contributed by atoms with Crippen LogP contribution in [0.3, 0.4) is 0 Å². The van der Waals surface area contributed by atoms with Crippen molar-refractivity contribution in [1.29, 1.82) is 0 Å². The fourth-order valence-corrected chi connectivity index (χ4v) is 2.88. The number of anilines is 2. The maximum atomic E-state index is 11.4. The monoisotopic (exact) mass is 290 g/mol. The van der Waals surface area contributed by atoms with E-state index >= 15 is 0 Å². The van der Waals surface area contributed by atoms with Gasteiger partial charge in [-0.05, 0) is 43.7 Å². The summed E-state index contributed by atoms with van der Waals surface area (Å²) in [5.41, 5.74) is 9.07. The van der Waals surface area contributed by atoms with Crippen molar-refractivity contribution in [3.8, 4) is 0 Å². The highest BCUT2D eigenvalue weighted by Crippen LogP contribution is 2.24. The van der Waals surface area contributed by atoms with Gasteiger partial charge in [0.15, 0.2) is 0 Å². The lowest BCUT2D eigenvalue weighted by Crippen LogP contribution is -2.05. The zero-order chi connectivity index (χ0) is 14.7. The van der Waals surface area contributed by atoms with Crippen LogP contribution in [-0.4, -0.2) is 13.1 Å². The lowest BCUT2D eigenvalue weighted by molar-refractivity contribution is 0.0601. The molecular formula is C15H18N2O2S. The molecule has 1 heterocycles. The summed E-state index contributed by atoms with van der Waals surface area (Å²) < 4.78 is 4.66. The number of carbonyl (C=O) groups is 1. The van der Waals surface area contributed by atoms with Crippen LogP contribution in [-0.2, 0) is 11.3 Å². The molecular weight excluding hydrogens is 272 g/mol. The number of hydrogen-bond donors (Lipinski definition) is 2. The average Bonchev–Trinajstić information content (AvgIpc) is 2.75. The fourth-order valence-electron chi connectivity index (χ4n) is 1.89. The molecule has 0 aliphatic carbocycles. The van der Waals surface area contributed by atoms with Gasteiger partial charge < -0.3 is 15.8 Å². The molecule has 0 spiro atoms. The van der Waals surface area contributed by atoms with Gasteiger partial charge in [0.1, 0.15) is 0 Å². The molecule has 20 heavy (non-hydrogen) atoms. The van der Waals surface area contributed by atoms with Crippen LogP contribution >= 0.6 is 11.3 Å². The van der Waals surface area contributed by atoms with Crippen LogP contribution in [0, 0.1) is 13.8 Å². The van der Waals surface area contributed by atoms with E-state index < -0.39 is 0 Å². The number of benzene rings is 1. The van der Waals surface area contributed by atoms with Crippen molar-refractivity contribution in [2.24, 2.45) is 0 Å². The summed E-state index contributed by atoms with van der Waals surface area (Å²) in [7, 11) is 1.35. The Morgan fingerprint density at radius 3 is 2.65 bits per heavy atom. The number of nitrogen functional groups attached to an aromatic ring is 1. The van der Waals surface area contributed by atoms with E-state index in [4.69, 9.17) is 5.73 Å². The number of methoxy groups -OCH3 is 1. The van der Waals surface area contributed by atoms with Gasteiger partial charge in [-0.25, -0.2) is 4.79 Å². The number of aryl methyl sites for hydroxylation is 2. The predicted molar refractivity (Wildman–Crippen MR) is 83.3 cm³/mol. The topological polar surface area (TPSA) is 64.3 Å². The number of esters is 1. The highest BCUT2D eigenvalue weighted by molar-refractivity contribution is 7.12. The quantitative estimate of drug-likeness (QED) is 0.669. The van der Waals surface area contributed by atoms with Crippen molar-refractivity contribution >= 4 is 28.7 Å². The summed E-state index contributed by atoms with van der Waals surface area (Å²) in [5.74, 6) is -0.382. The van der Waals surface area contributed by atoms with Crippen LogP contribution in [0.15, 0.2) is 24.3 Å². The number of rotatable bonds is 4. The van der Waals surface area contributed by atoms with Crippen molar-refractivity contribution in [3.63, 3.8) is 0 Å². The number of hydrogen-bond acceptors (Lipinski definition) is 5. The first kappa shape index (κ1) is 14.4. The summed E-state index contributed by atoms with van der Waals surface area (Å²) in [5, 5.41) is 3.29. The van der Waals surface area contributed by atoms with Gasteiger partial charge in [0.25, 0.3) is 0 Å². The fraction of sp³-hybridized carbons (Fsp3) is 0.267. The van der Waals surface area contributed by atoms with E-state index in [1.54, 1.807) is 29.5 Å². The van der Waals surface area contributed by atoms with Crippen LogP contribution in [0.1, 0.15) is 25.7 Å². The van der Waals surface area contributed by atoms with Crippen molar-refractivity contribution in [3.05, 3.63) is 45.1 Å². The zero-order valence-electron chi connectivity index (χ0n) is 11.8. The van der Waals surface area contributed by atoms with E-state index in [0.29, 0.717) is 11.3 Å². The van der Waals surface area contributed by atoms with E-state index in [-0.39, 0.29) is 5.97 Å². The van der Waals surface area contributed by atoms with E-state index in [2.05, 4.69) is 30.0 Å². The number of nitrogens with one attached hydrogen (secondary N) is 1. The highest BCUT2D eigenvalue weighted by Gasteiger charge is 2.08. The first-order valence-corrected chi connectivity index (χ1v) is 7.10. The largest absolute Gasteiger partial charge is 0.465 e. The minimum Gasteiger partial charge on any atom is -0.465 e. The van der Waals surface area contributed by atoms with Gasteiger partial charge in [0.2, 0.25) is 0 Å². The molecule has 0 saturated heterocycles. The Bertz CT molecular complexity index is 615. The Kier molecular flexibility index (Phi) is 4.29. The normalized spacial score (nSPS) is 10.3. The van der Waals surface area contributed by atoms with Crippen LogP contribution in [0.2, 0.25) is 0 Å². The molecule has 2 aromatic rings. The Morgan fingerprint density at radius 2 is 2.10 bits per heavy atom. The minimum atomic E-state index is -0.382. The van der Waals surface area contributed by atoms with Gasteiger partial charge in [-0.2, -0.15) is 0 Å². The molecule has 3 N–H and O–H groups in total. The molecule has 0 unspecified atom stereocenters. The summed E-state index contributed by atoms with van der Waals surface area (Å²) in [4.78, 5) is 14.0. The second-order valence-corrected chi connectivity index (χ2v) is 5.94.